The molecule has 4 rings (SSSR count). The number of hydrogen-bond acceptors (Lipinski definition) is 2. The Labute approximate surface area is 105 Å². The Bertz CT molecular complexity index is 289. The number of alkyl halides is 1. The van der Waals surface area contributed by atoms with Crippen LogP contribution in [0.5, 0.6) is 0 Å². The van der Waals surface area contributed by atoms with E-state index in [0.29, 0.717) is 11.9 Å². The van der Waals surface area contributed by atoms with Crippen molar-refractivity contribution in [2.75, 3.05) is 26.2 Å². The van der Waals surface area contributed by atoms with Crippen molar-refractivity contribution in [2.24, 2.45) is 5.92 Å². The number of piperidine rings is 4. The van der Waals surface area contributed by atoms with Gasteiger partial charge in [-0.15, -0.1) is 0 Å². The highest BCUT2D eigenvalue weighted by Crippen LogP contribution is 2.33. The molecule has 4 heteroatoms. The van der Waals surface area contributed by atoms with Gasteiger partial charge in [0.1, 0.15) is 0 Å². The maximum Gasteiger partial charge on any atom is 0.236 e. The summed E-state index contributed by atoms with van der Waals surface area (Å²) in [5.41, 5.74) is 0. The topological polar surface area (TPSA) is 23.6 Å². The van der Waals surface area contributed by atoms with Crippen LogP contribution in [0.25, 0.3) is 0 Å². The summed E-state index contributed by atoms with van der Waals surface area (Å²) in [7, 11) is 0. The smallest absolute Gasteiger partial charge is 0.236 e. The highest BCUT2D eigenvalue weighted by molar-refractivity contribution is 9.10. The minimum absolute atomic E-state index is 0.0803. The van der Waals surface area contributed by atoms with E-state index in [1.54, 1.807) is 0 Å². The molecular formula is C12H19BrN2O. The Morgan fingerprint density at radius 2 is 1.88 bits per heavy atom. The normalized spacial score (nSPS) is 43.8. The van der Waals surface area contributed by atoms with E-state index < -0.39 is 0 Å². The Hall–Kier alpha value is -0.0900. The van der Waals surface area contributed by atoms with E-state index >= 15 is 0 Å². The fourth-order valence-corrected chi connectivity index (χ4v) is 4.06. The number of rotatable bonds is 1. The second kappa shape index (κ2) is 4.30. The lowest BCUT2D eigenvalue weighted by atomic mass is 9.82. The summed E-state index contributed by atoms with van der Waals surface area (Å²) in [6, 6.07) is 0.510. The maximum absolute atomic E-state index is 12.2. The molecule has 0 aromatic carbocycles. The van der Waals surface area contributed by atoms with Crippen LogP contribution < -0.4 is 0 Å². The minimum atomic E-state index is 0.0803. The van der Waals surface area contributed by atoms with Gasteiger partial charge in [0.2, 0.25) is 5.91 Å². The number of fused-ring (bicyclic) bond motifs is 3. The zero-order chi connectivity index (χ0) is 11.1. The minimum Gasteiger partial charge on any atom is -0.337 e. The van der Waals surface area contributed by atoms with Crippen LogP contribution in [0.3, 0.4) is 0 Å². The Kier molecular flexibility index (Phi) is 2.96. The maximum atomic E-state index is 12.2. The lowest BCUT2D eigenvalue weighted by Gasteiger charge is -2.50. The lowest BCUT2D eigenvalue weighted by molar-refractivity contribution is -0.139. The fourth-order valence-electron chi connectivity index (χ4n) is 3.47. The van der Waals surface area contributed by atoms with Gasteiger partial charge in [0.15, 0.2) is 0 Å². The number of carbonyl (C=O) groups excluding carboxylic acids is 1. The van der Waals surface area contributed by atoms with E-state index in [-0.39, 0.29) is 4.83 Å². The summed E-state index contributed by atoms with van der Waals surface area (Å²) < 4.78 is 0. The molecule has 0 aromatic rings. The lowest BCUT2D eigenvalue weighted by Crippen LogP contribution is -2.60. The van der Waals surface area contributed by atoms with Gasteiger partial charge in [0.25, 0.3) is 0 Å². The quantitative estimate of drug-likeness (QED) is 0.682. The molecule has 90 valence electrons. The van der Waals surface area contributed by atoms with Crippen LogP contribution in [-0.4, -0.2) is 52.8 Å². The first-order chi connectivity index (χ1) is 7.75. The van der Waals surface area contributed by atoms with Crippen LogP contribution in [0.2, 0.25) is 0 Å². The van der Waals surface area contributed by atoms with E-state index in [1.165, 1.54) is 25.9 Å². The first-order valence-electron chi connectivity index (χ1n) is 6.42. The molecule has 0 saturated carbocycles. The van der Waals surface area contributed by atoms with Crippen LogP contribution in [0, 0.1) is 5.92 Å². The summed E-state index contributed by atoms with van der Waals surface area (Å²) in [4.78, 5) is 16.9. The van der Waals surface area contributed by atoms with Gasteiger partial charge in [0.05, 0.1) is 4.83 Å². The van der Waals surface area contributed by atoms with Gasteiger partial charge in [-0.1, -0.05) is 15.9 Å². The van der Waals surface area contributed by atoms with Crippen molar-refractivity contribution in [1.82, 2.24) is 9.80 Å². The molecular weight excluding hydrogens is 268 g/mol. The molecule has 2 unspecified atom stereocenters. The van der Waals surface area contributed by atoms with Crippen molar-refractivity contribution in [2.45, 2.75) is 36.6 Å². The summed E-state index contributed by atoms with van der Waals surface area (Å²) in [6.07, 6.45) is 4.75. The monoisotopic (exact) mass is 286 g/mol. The first kappa shape index (κ1) is 11.0. The molecule has 2 atom stereocenters. The van der Waals surface area contributed by atoms with Gasteiger partial charge in [0, 0.05) is 19.1 Å². The second-order valence-electron chi connectivity index (χ2n) is 5.35. The van der Waals surface area contributed by atoms with Crippen LogP contribution in [0.4, 0.5) is 0 Å². The Balaban J connectivity index is 1.74. The van der Waals surface area contributed by atoms with Gasteiger partial charge in [-0.3, -0.25) is 4.79 Å². The number of nitrogens with zero attached hydrogens (tertiary/aromatic N) is 2. The van der Waals surface area contributed by atoms with Gasteiger partial charge in [-0.2, -0.15) is 0 Å². The van der Waals surface area contributed by atoms with Gasteiger partial charge >= 0.3 is 0 Å². The molecule has 16 heavy (non-hydrogen) atoms. The number of halogens is 1. The molecule has 1 amide bonds. The third-order valence-corrected chi connectivity index (χ3v) is 5.28. The summed E-state index contributed by atoms with van der Waals surface area (Å²) in [5, 5.41) is 0. The molecule has 4 aliphatic heterocycles. The third-order valence-electron chi connectivity index (χ3n) is 4.43. The molecule has 3 nitrogen and oxygen atoms in total. The van der Waals surface area contributed by atoms with Crippen LogP contribution >= 0.6 is 15.9 Å². The molecule has 2 bridgehead atoms. The van der Waals surface area contributed by atoms with Crippen molar-refractivity contribution < 1.29 is 4.79 Å². The van der Waals surface area contributed by atoms with Gasteiger partial charge in [-0.05, 0) is 44.7 Å². The van der Waals surface area contributed by atoms with Gasteiger partial charge < -0.3 is 9.80 Å². The molecule has 4 fully saturated rings. The van der Waals surface area contributed by atoms with E-state index in [9.17, 15) is 4.79 Å². The highest BCUT2D eigenvalue weighted by Gasteiger charge is 2.41. The van der Waals surface area contributed by atoms with E-state index in [1.807, 2.05) is 0 Å². The molecule has 0 radical (unpaired) electrons. The molecule has 0 aromatic heterocycles. The zero-order valence-corrected chi connectivity index (χ0v) is 11.2. The van der Waals surface area contributed by atoms with Crippen LogP contribution in [0.15, 0.2) is 0 Å². The number of hydrogen-bond donors (Lipinski definition) is 0. The fraction of sp³-hybridized carbons (Fsp3) is 0.917. The molecule has 0 N–H and O–H groups in total. The summed E-state index contributed by atoms with van der Waals surface area (Å²) in [6.45, 7) is 4.61. The first-order valence-corrected chi connectivity index (χ1v) is 7.34. The molecule has 0 spiro atoms. The standard InChI is InChI=1S/C12H19BrN2O/c13-10-2-1-5-15(12(10)16)11-8-14-6-3-9(11)4-7-14/h9-11H,1-8H2. The average Bonchev–Trinajstić information content (AvgIpc) is 2.34. The highest BCUT2D eigenvalue weighted by atomic mass is 79.9. The SMILES string of the molecule is O=C1C(Br)CCCN1C1CN2CCC1CC2. The predicted octanol–water partition coefficient (Wildman–Crippen LogP) is 1.47. The van der Waals surface area contributed by atoms with Gasteiger partial charge in [-0.25, -0.2) is 0 Å². The largest absolute Gasteiger partial charge is 0.337 e. The van der Waals surface area contributed by atoms with Crippen molar-refractivity contribution in [3.05, 3.63) is 0 Å². The number of carbonyl (C=O) groups is 1. The average molecular weight is 287 g/mol. The van der Waals surface area contributed by atoms with Crippen molar-refractivity contribution in [1.29, 1.82) is 0 Å². The summed E-state index contributed by atoms with van der Waals surface area (Å²) >= 11 is 3.51. The molecule has 4 heterocycles. The zero-order valence-electron chi connectivity index (χ0n) is 9.57. The summed E-state index contributed by atoms with van der Waals surface area (Å²) in [5.74, 6) is 1.11. The van der Waals surface area contributed by atoms with Crippen molar-refractivity contribution in [3.63, 3.8) is 0 Å². The van der Waals surface area contributed by atoms with Crippen molar-refractivity contribution in [3.8, 4) is 0 Å². The Morgan fingerprint density at radius 3 is 2.50 bits per heavy atom. The van der Waals surface area contributed by atoms with E-state index in [4.69, 9.17) is 0 Å². The second-order valence-corrected chi connectivity index (χ2v) is 6.45. The van der Waals surface area contributed by atoms with E-state index in [2.05, 4.69) is 25.7 Å². The van der Waals surface area contributed by atoms with Crippen molar-refractivity contribution >= 4 is 21.8 Å². The Morgan fingerprint density at radius 1 is 1.12 bits per heavy atom. The number of amides is 1. The molecule has 0 aliphatic carbocycles. The number of likely N-dealkylation sites (tertiary alicyclic amines) is 1. The van der Waals surface area contributed by atoms with Crippen LogP contribution in [-0.2, 0) is 4.79 Å². The predicted molar refractivity (Wildman–Crippen MR) is 66.6 cm³/mol. The third kappa shape index (κ3) is 1.80. The molecule has 4 aliphatic rings. The van der Waals surface area contributed by atoms with E-state index in [0.717, 1.165) is 31.8 Å². The van der Waals surface area contributed by atoms with Crippen LogP contribution in [0.1, 0.15) is 25.7 Å². The molecule has 4 saturated heterocycles.